The van der Waals surface area contributed by atoms with Gasteiger partial charge in [0.1, 0.15) is 11.6 Å². The second-order valence-corrected chi connectivity index (χ2v) is 5.60. The third-order valence-corrected chi connectivity index (χ3v) is 4.15. The topological polar surface area (TPSA) is 21.3 Å². The molecule has 0 aliphatic heterocycles. The summed E-state index contributed by atoms with van der Waals surface area (Å²) in [7, 11) is 1.58. The summed E-state index contributed by atoms with van der Waals surface area (Å²) in [5, 5.41) is 3.51. The number of hydrogen-bond acceptors (Lipinski definition) is 2. The molecule has 1 fully saturated rings. The first-order chi connectivity index (χ1) is 10.2. The van der Waals surface area contributed by atoms with Crippen molar-refractivity contribution in [2.75, 3.05) is 7.11 Å². The number of nitrogens with one attached hydrogen (secondary N) is 1. The molecule has 0 aromatic heterocycles. The molecule has 0 heterocycles. The van der Waals surface area contributed by atoms with Crippen molar-refractivity contribution in [2.45, 2.75) is 31.3 Å². The minimum atomic E-state index is -0.216. The lowest BCUT2D eigenvalue weighted by Gasteiger charge is -2.18. The van der Waals surface area contributed by atoms with E-state index in [2.05, 4.69) is 29.6 Å². The second kappa shape index (κ2) is 5.86. The molecule has 3 unspecified atom stereocenters. The van der Waals surface area contributed by atoms with Gasteiger partial charge in [0.25, 0.3) is 0 Å². The van der Waals surface area contributed by atoms with E-state index in [1.54, 1.807) is 19.2 Å². The van der Waals surface area contributed by atoms with E-state index in [1.807, 2.05) is 13.0 Å². The highest BCUT2D eigenvalue weighted by molar-refractivity contribution is 5.37. The van der Waals surface area contributed by atoms with E-state index in [0.29, 0.717) is 23.3 Å². The molecule has 21 heavy (non-hydrogen) atoms. The van der Waals surface area contributed by atoms with Crippen LogP contribution in [0.2, 0.25) is 0 Å². The maximum Gasteiger partial charge on any atom is 0.131 e. The molecule has 0 amide bonds. The average molecular weight is 285 g/mol. The summed E-state index contributed by atoms with van der Waals surface area (Å²) in [6, 6.07) is 15.8. The summed E-state index contributed by atoms with van der Waals surface area (Å²) in [6.07, 6.45) is 1.10. The van der Waals surface area contributed by atoms with Gasteiger partial charge in [0.15, 0.2) is 0 Å². The van der Waals surface area contributed by atoms with E-state index in [9.17, 15) is 4.39 Å². The predicted molar refractivity (Wildman–Crippen MR) is 82.1 cm³/mol. The number of benzene rings is 2. The maximum absolute atomic E-state index is 14.1. The molecule has 1 aliphatic rings. The first-order valence-electron chi connectivity index (χ1n) is 7.34. The van der Waals surface area contributed by atoms with Gasteiger partial charge in [-0.3, -0.25) is 0 Å². The number of halogens is 1. The summed E-state index contributed by atoms with van der Waals surface area (Å²) in [5.74, 6) is 0.921. The Bertz CT molecular complexity index is 614. The van der Waals surface area contributed by atoms with Crippen LogP contribution in [-0.4, -0.2) is 13.2 Å². The molecule has 0 spiro atoms. The SMILES string of the molecule is COc1cccc(F)c1C(C)NC1CC1c1ccccc1. The van der Waals surface area contributed by atoms with Crippen LogP contribution in [0.25, 0.3) is 0 Å². The second-order valence-electron chi connectivity index (χ2n) is 5.60. The molecule has 2 aromatic rings. The number of methoxy groups -OCH3 is 1. The van der Waals surface area contributed by atoms with Crippen LogP contribution in [0.15, 0.2) is 48.5 Å². The van der Waals surface area contributed by atoms with Gasteiger partial charge in [-0.25, -0.2) is 4.39 Å². The molecule has 110 valence electrons. The van der Waals surface area contributed by atoms with Crippen molar-refractivity contribution in [2.24, 2.45) is 0 Å². The summed E-state index contributed by atoms with van der Waals surface area (Å²) in [6.45, 7) is 1.99. The number of ether oxygens (including phenoxy) is 1. The zero-order chi connectivity index (χ0) is 14.8. The van der Waals surface area contributed by atoms with Gasteiger partial charge in [-0.05, 0) is 31.0 Å². The van der Waals surface area contributed by atoms with Crippen molar-refractivity contribution in [3.8, 4) is 5.75 Å². The third kappa shape index (κ3) is 2.93. The normalized spacial score (nSPS) is 21.9. The van der Waals surface area contributed by atoms with E-state index in [1.165, 1.54) is 11.6 Å². The van der Waals surface area contributed by atoms with Crippen LogP contribution in [0, 0.1) is 5.82 Å². The van der Waals surface area contributed by atoms with Crippen LogP contribution >= 0.6 is 0 Å². The lowest BCUT2D eigenvalue weighted by molar-refractivity contribution is 0.393. The summed E-state index contributed by atoms with van der Waals surface area (Å²) < 4.78 is 19.3. The molecule has 0 bridgehead atoms. The Morgan fingerprint density at radius 2 is 1.90 bits per heavy atom. The van der Waals surface area contributed by atoms with E-state index in [4.69, 9.17) is 4.74 Å². The van der Waals surface area contributed by atoms with E-state index < -0.39 is 0 Å². The van der Waals surface area contributed by atoms with Crippen LogP contribution < -0.4 is 10.1 Å². The monoisotopic (exact) mass is 285 g/mol. The average Bonchev–Trinajstić information content (AvgIpc) is 3.26. The van der Waals surface area contributed by atoms with Crippen molar-refractivity contribution in [3.63, 3.8) is 0 Å². The molecule has 3 rings (SSSR count). The van der Waals surface area contributed by atoms with Gasteiger partial charge < -0.3 is 10.1 Å². The van der Waals surface area contributed by atoms with Crippen LogP contribution in [0.3, 0.4) is 0 Å². The van der Waals surface area contributed by atoms with E-state index in [-0.39, 0.29) is 11.9 Å². The van der Waals surface area contributed by atoms with Gasteiger partial charge in [-0.15, -0.1) is 0 Å². The van der Waals surface area contributed by atoms with Crippen LogP contribution in [0.5, 0.6) is 5.75 Å². The molecular formula is C18H20FNO. The van der Waals surface area contributed by atoms with Crippen molar-refractivity contribution < 1.29 is 9.13 Å². The molecule has 0 saturated heterocycles. The lowest BCUT2D eigenvalue weighted by Crippen LogP contribution is -2.23. The highest BCUT2D eigenvalue weighted by Gasteiger charge is 2.39. The molecule has 1 aliphatic carbocycles. The molecule has 2 nitrogen and oxygen atoms in total. The van der Waals surface area contributed by atoms with Crippen molar-refractivity contribution in [3.05, 3.63) is 65.5 Å². The van der Waals surface area contributed by atoms with Gasteiger partial charge in [0.05, 0.1) is 7.11 Å². The van der Waals surface area contributed by atoms with Crippen molar-refractivity contribution in [1.29, 1.82) is 0 Å². The highest BCUT2D eigenvalue weighted by Crippen LogP contribution is 2.42. The largest absolute Gasteiger partial charge is 0.496 e. The molecule has 0 radical (unpaired) electrons. The summed E-state index contributed by atoms with van der Waals surface area (Å²) in [4.78, 5) is 0. The zero-order valence-electron chi connectivity index (χ0n) is 12.3. The molecule has 1 saturated carbocycles. The Balaban J connectivity index is 1.70. The standard InChI is InChI=1S/C18H20FNO/c1-12(18-15(19)9-6-10-17(18)21-2)20-16-11-14(16)13-7-4-3-5-8-13/h3-10,12,14,16,20H,11H2,1-2H3. The Hall–Kier alpha value is -1.87. The van der Waals surface area contributed by atoms with Gasteiger partial charge in [0.2, 0.25) is 0 Å². The summed E-state index contributed by atoms with van der Waals surface area (Å²) in [5.41, 5.74) is 1.96. The van der Waals surface area contributed by atoms with E-state index >= 15 is 0 Å². The number of hydrogen-bond donors (Lipinski definition) is 1. The Labute approximate surface area is 125 Å². The fourth-order valence-electron chi connectivity index (χ4n) is 2.97. The van der Waals surface area contributed by atoms with Crippen molar-refractivity contribution >= 4 is 0 Å². The van der Waals surface area contributed by atoms with Gasteiger partial charge in [-0.2, -0.15) is 0 Å². The minimum Gasteiger partial charge on any atom is -0.496 e. The Morgan fingerprint density at radius 1 is 1.14 bits per heavy atom. The Morgan fingerprint density at radius 3 is 2.62 bits per heavy atom. The van der Waals surface area contributed by atoms with Crippen LogP contribution in [0.1, 0.15) is 36.4 Å². The van der Waals surface area contributed by atoms with Crippen LogP contribution in [-0.2, 0) is 0 Å². The van der Waals surface area contributed by atoms with Crippen LogP contribution in [0.4, 0.5) is 4.39 Å². The first-order valence-corrected chi connectivity index (χ1v) is 7.34. The van der Waals surface area contributed by atoms with E-state index in [0.717, 1.165) is 6.42 Å². The van der Waals surface area contributed by atoms with Crippen molar-refractivity contribution in [1.82, 2.24) is 5.32 Å². The van der Waals surface area contributed by atoms with Gasteiger partial charge in [-0.1, -0.05) is 36.4 Å². The highest BCUT2D eigenvalue weighted by atomic mass is 19.1. The fraction of sp³-hybridized carbons (Fsp3) is 0.333. The summed E-state index contributed by atoms with van der Waals surface area (Å²) >= 11 is 0. The smallest absolute Gasteiger partial charge is 0.131 e. The number of rotatable bonds is 5. The lowest BCUT2D eigenvalue weighted by atomic mass is 10.1. The molecular weight excluding hydrogens is 265 g/mol. The first kappa shape index (κ1) is 14.1. The van der Waals surface area contributed by atoms with Gasteiger partial charge in [0, 0.05) is 23.6 Å². The maximum atomic E-state index is 14.1. The fourth-order valence-corrected chi connectivity index (χ4v) is 2.97. The quantitative estimate of drug-likeness (QED) is 0.895. The Kier molecular flexibility index (Phi) is 3.93. The molecule has 3 atom stereocenters. The molecule has 1 N–H and O–H groups in total. The zero-order valence-corrected chi connectivity index (χ0v) is 12.3. The van der Waals surface area contributed by atoms with Gasteiger partial charge >= 0.3 is 0 Å². The molecule has 3 heteroatoms. The minimum absolute atomic E-state index is 0.0696. The third-order valence-electron chi connectivity index (χ3n) is 4.15. The molecule has 2 aromatic carbocycles. The predicted octanol–water partition coefficient (Wildman–Crippen LogP) is 4.04.